The fraction of sp³-hybridized carbons (Fsp3) is 0.550. The minimum atomic E-state index is -2.96. The summed E-state index contributed by atoms with van der Waals surface area (Å²) in [5.41, 5.74) is 1.21. The van der Waals surface area contributed by atoms with Crippen LogP contribution in [0.2, 0.25) is 0 Å². The molecular formula is C20H29N3O3S. The van der Waals surface area contributed by atoms with Gasteiger partial charge >= 0.3 is 0 Å². The quantitative estimate of drug-likeness (QED) is 0.723. The molecule has 2 aliphatic rings. The molecule has 7 heteroatoms. The number of hydrogen-bond donors (Lipinski definition) is 0. The molecule has 2 fully saturated rings. The van der Waals surface area contributed by atoms with E-state index in [0.29, 0.717) is 13.0 Å². The average Bonchev–Trinajstić information content (AvgIpc) is 3.03. The van der Waals surface area contributed by atoms with Crippen LogP contribution in [0.1, 0.15) is 12.0 Å². The summed E-state index contributed by atoms with van der Waals surface area (Å²) in [5, 5.41) is 0. The Morgan fingerprint density at radius 1 is 1.15 bits per heavy atom. The van der Waals surface area contributed by atoms with Crippen molar-refractivity contribution < 1.29 is 13.2 Å². The summed E-state index contributed by atoms with van der Waals surface area (Å²) in [6, 6.07) is 10.1. The van der Waals surface area contributed by atoms with Crippen molar-refractivity contribution in [2.24, 2.45) is 0 Å². The van der Waals surface area contributed by atoms with Gasteiger partial charge < -0.3 is 4.90 Å². The van der Waals surface area contributed by atoms with Crippen molar-refractivity contribution in [3.05, 3.63) is 42.0 Å². The highest BCUT2D eigenvalue weighted by molar-refractivity contribution is 7.91. The minimum absolute atomic E-state index is 0.0227. The SMILES string of the molecule is CN(C(=O)CN1CCN(C/C=C/c2ccccc2)CC1)C1CCS(=O)(=O)C1. The van der Waals surface area contributed by atoms with Crippen molar-refractivity contribution in [2.75, 3.05) is 57.8 Å². The van der Waals surface area contributed by atoms with Gasteiger partial charge in [0.2, 0.25) is 5.91 Å². The van der Waals surface area contributed by atoms with E-state index in [2.05, 4.69) is 34.1 Å². The Balaban J connectivity index is 1.39. The van der Waals surface area contributed by atoms with Crippen molar-refractivity contribution >= 4 is 21.8 Å². The maximum absolute atomic E-state index is 12.5. The van der Waals surface area contributed by atoms with Crippen LogP contribution in [0.25, 0.3) is 6.08 Å². The van der Waals surface area contributed by atoms with Crippen LogP contribution in [0.5, 0.6) is 0 Å². The van der Waals surface area contributed by atoms with Gasteiger partial charge in [-0.2, -0.15) is 0 Å². The van der Waals surface area contributed by atoms with Crippen LogP contribution in [0.4, 0.5) is 0 Å². The molecule has 0 aromatic heterocycles. The molecule has 1 aromatic rings. The van der Waals surface area contributed by atoms with Gasteiger partial charge in [-0.25, -0.2) is 8.42 Å². The van der Waals surface area contributed by atoms with Gasteiger partial charge in [-0.1, -0.05) is 42.5 Å². The molecule has 0 saturated carbocycles. The molecule has 0 aliphatic carbocycles. The van der Waals surface area contributed by atoms with Crippen molar-refractivity contribution in [3.8, 4) is 0 Å². The summed E-state index contributed by atoms with van der Waals surface area (Å²) in [5.74, 6) is 0.329. The lowest BCUT2D eigenvalue weighted by molar-refractivity contribution is -0.133. The first-order valence-corrected chi connectivity index (χ1v) is 11.4. The van der Waals surface area contributed by atoms with Crippen molar-refractivity contribution in [3.63, 3.8) is 0 Å². The molecule has 1 aromatic carbocycles. The van der Waals surface area contributed by atoms with Gasteiger partial charge in [-0.15, -0.1) is 0 Å². The van der Waals surface area contributed by atoms with Crippen molar-refractivity contribution in [2.45, 2.75) is 12.5 Å². The molecule has 0 spiro atoms. The molecule has 1 unspecified atom stereocenters. The number of piperazine rings is 1. The number of carbonyl (C=O) groups is 1. The van der Waals surface area contributed by atoms with Crippen LogP contribution < -0.4 is 0 Å². The molecule has 0 radical (unpaired) electrons. The molecule has 0 bridgehead atoms. The van der Waals surface area contributed by atoms with E-state index in [1.807, 2.05) is 18.2 Å². The summed E-state index contributed by atoms with van der Waals surface area (Å²) in [6.07, 6.45) is 4.89. The Bertz CT molecular complexity index is 756. The number of sulfone groups is 1. The third kappa shape index (κ3) is 5.89. The number of hydrogen-bond acceptors (Lipinski definition) is 5. The van der Waals surface area contributed by atoms with Crippen LogP contribution in [0.3, 0.4) is 0 Å². The second kappa shape index (κ2) is 8.99. The first kappa shape index (κ1) is 20.0. The zero-order valence-corrected chi connectivity index (χ0v) is 16.8. The molecule has 2 heterocycles. The van der Waals surface area contributed by atoms with Gasteiger partial charge in [0, 0.05) is 45.8 Å². The summed E-state index contributed by atoms with van der Waals surface area (Å²) < 4.78 is 23.2. The standard InChI is InChI=1S/C20H29N3O3S/c1-21(19-9-15-27(25,26)17-19)20(24)16-23-13-11-22(12-14-23)10-5-8-18-6-3-2-4-7-18/h2-8,19H,9-17H2,1H3/b8-5+. The van der Waals surface area contributed by atoms with Crippen molar-refractivity contribution in [1.29, 1.82) is 0 Å². The van der Waals surface area contributed by atoms with E-state index < -0.39 is 9.84 Å². The van der Waals surface area contributed by atoms with Crippen LogP contribution in [0.15, 0.2) is 36.4 Å². The number of benzene rings is 1. The highest BCUT2D eigenvalue weighted by Gasteiger charge is 2.33. The monoisotopic (exact) mass is 391 g/mol. The lowest BCUT2D eigenvalue weighted by atomic mass is 10.2. The van der Waals surface area contributed by atoms with Gasteiger partial charge in [0.15, 0.2) is 9.84 Å². The lowest BCUT2D eigenvalue weighted by Gasteiger charge is -2.35. The van der Waals surface area contributed by atoms with Gasteiger partial charge in [-0.05, 0) is 12.0 Å². The second-order valence-electron chi connectivity index (χ2n) is 7.45. The zero-order valence-electron chi connectivity index (χ0n) is 16.0. The topological polar surface area (TPSA) is 60.9 Å². The normalized spacial score (nSPS) is 23.7. The number of nitrogens with zero attached hydrogens (tertiary/aromatic N) is 3. The van der Waals surface area contributed by atoms with Gasteiger partial charge in [0.1, 0.15) is 0 Å². The summed E-state index contributed by atoms with van der Waals surface area (Å²) >= 11 is 0. The fourth-order valence-electron chi connectivity index (χ4n) is 3.62. The molecule has 27 heavy (non-hydrogen) atoms. The van der Waals surface area contributed by atoms with E-state index in [9.17, 15) is 13.2 Å². The highest BCUT2D eigenvalue weighted by Crippen LogP contribution is 2.17. The number of amides is 1. The molecule has 2 aliphatic heterocycles. The maximum Gasteiger partial charge on any atom is 0.236 e. The molecule has 6 nitrogen and oxygen atoms in total. The molecule has 2 saturated heterocycles. The molecular weight excluding hydrogens is 362 g/mol. The molecule has 0 N–H and O–H groups in total. The van der Waals surface area contributed by atoms with E-state index in [0.717, 1.165) is 32.7 Å². The lowest BCUT2D eigenvalue weighted by Crippen LogP contribution is -2.50. The average molecular weight is 392 g/mol. The van der Waals surface area contributed by atoms with Crippen LogP contribution in [0, 0.1) is 0 Å². The van der Waals surface area contributed by atoms with E-state index in [1.54, 1.807) is 11.9 Å². The Morgan fingerprint density at radius 2 is 1.81 bits per heavy atom. The van der Waals surface area contributed by atoms with E-state index in [-0.39, 0.29) is 23.5 Å². The Hall–Kier alpha value is -1.70. The van der Waals surface area contributed by atoms with E-state index >= 15 is 0 Å². The van der Waals surface area contributed by atoms with E-state index in [1.165, 1.54) is 5.56 Å². The Kier molecular flexibility index (Phi) is 6.68. The molecule has 3 rings (SSSR count). The Morgan fingerprint density at radius 3 is 2.44 bits per heavy atom. The minimum Gasteiger partial charge on any atom is -0.341 e. The van der Waals surface area contributed by atoms with Gasteiger partial charge in [-0.3, -0.25) is 14.6 Å². The zero-order chi connectivity index (χ0) is 19.3. The van der Waals surface area contributed by atoms with Crippen LogP contribution >= 0.6 is 0 Å². The van der Waals surface area contributed by atoms with Crippen LogP contribution in [-0.4, -0.2) is 92.9 Å². The highest BCUT2D eigenvalue weighted by atomic mass is 32.2. The molecule has 1 amide bonds. The summed E-state index contributed by atoms with van der Waals surface area (Å²) in [4.78, 5) is 18.7. The van der Waals surface area contributed by atoms with Gasteiger partial charge in [0.05, 0.1) is 18.1 Å². The van der Waals surface area contributed by atoms with E-state index in [4.69, 9.17) is 0 Å². The smallest absolute Gasteiger partial charge is 0.236 e. The number of carbonyl (C=O) groups excluding carboxylic acids is 1. The predicted molar refractivity (Wildman–Crippen MR) is 108 cm³/mol. The summed E-state index contributed by atoms with van der Waals surface area (Å²) in [6.45, 7) is 4.89. The predicted octanol–water partition coefficient (Wildman–Crippen LogP) is 0.963. The first-order chi connectivity index (χ1) is 12.9. The number of rotatable bonds is 6. The molecule has 148 valence electrons. The third-order valence-corrected chi connectivity index (χ3v) is 7.20. The Labute approximate surface area is 162 Å². The fourth-order valence-corrected chi connectivity index (χ4v) is 5.39. The van der Waals surface area contributed by atoms with Crippen LogP contribution in [-0.2, 0) is 14.6 Å². The number of likely N-dealkylation sites (N-methyl/N-ethyl adjacent to an activating group) is 1. The first-order valence-electron chi connectivity index (χ1n) is 9.55. The summed E-state index contributed by atoms with van der Waals surface area (Å²) in [7, 11) is -1.23. The van der Waals surface area contributed by atoms with Crippen molar-refractivity contribution in [1.82, 2.24) is 14.7 Å². The van der Waals surface area contributed by atoms with Gasteiger partial charge in [0.25, 0.3) is 0 Å². The molecule has 1 atom stereocenters. The maximum atomic E-state index is 12.5. The largest absolute Gasteiger partial charge is 0.341 e. The second-order valence-corrected chi connectivity index (χ2v) is 9.68. The third-order valence-electron chi connectivity index (χ3n) is 5.45.